The summed E-state index contributed by atoms with van der Waals surface area (Å²) in [6, 6.07) is 13.1. The van der Waals surface area contributed by atoms with Gasteiger partial charge in [-0.3, -0.25) is 15.5 Å². The van der Waals surface area contributed by atoms with Crippen molar-refractivity contribution in [3.8, 4) is 5.88 Å². The maximum absolute atomic E-state index is 11.0. The fourth-order valence-corrected chi connectivity index (χ4v) is 2.93. The van der Waals surface area contributed by atoms with Crippen molar-refractivity contribution >= 4 is 50.7 Å². The molecule has 0 bridgehead atoms. The van der Waals surface area contributed by atoms with Gasteiger partial charge in [0.05, 0.1) is 4.92 Å². The molecule has 0 amide bonds. The topological polar surface area (TPSA) is 148 Å². The average Bonchev–Trinajstić information content (AvgIpc) is 2.95. The van der Waals surface area contributed by atoms with Crippen LogP contribution >= 0.6 is 11.6 Å². The molecule has 0 spiro atoms. The number of amidine groups is 1. The number of fused-ring (bicyclic) bond motifs is 1. The van der Waals surface area contributed by atoms with Crippen LogP contribution in [0.25, 0.3) is 10.9 Å². The highest BCUT2D eigenvalue weighted by atomic mass is 32.2. The van der Waals surface area contributed by atoms with E-state index in [9.17, 15) is 20.2 Å². The Morgan fingerprint density at radius 3 is 2.65 bits per heavy atom. The standard InChI is InChI=1S/C15H12BN5O4S/c17-15(26-16(23)9-5-2-1-3-6-9)20-19-13-10-7-4-8-11(21(24)25)12(10)18-14(13)22/h1-8,17-18,22-23H. The fraction of sp³-hybridized carbons (Fsp3) is 0. The second kappa shape index (κ2) is 7.37. The third kappa shape index (κ3) is 3.58. The summed E-state index contributed by atoms with van der Waals surface area (Å²) in [6.07, 6.45) is -0.986. The molecular formula is C15H12BN5O4S. The average molecular weight is 369 g/mol. The number of aromatic nitrogens is 1. The number of aromatic hydroxyl groups is 1. The molecule has 1 heterocycles. The summed E-state index contributed by atoms with van der Waals surface area (Å²) in [5, 5.41) is 46.4. The lowest BCUT2D eigenvalue weighted by molar-refractivity contribution is -0.383. The lowest BCUT2D eigenvalue weighted by Crippen LogP contribution is -2.27. The van der Waals surface area contributed by atoms with Gasteiger partial charge in [0, 0.05) is 11.5 Å². The molecule has 0 fully saturated rings. The Morgan fingerprint density at radius 1 is 1.23 bits per heavy atom. The number of para-hydroxylation sites is 1. The molecule has 4 N–H and O–H groups in total. The van der Waals surface area contributed by atoms with Gasteiger partial charge in [0.2, 0.25) is 5.88 Å². The molecule has 0 aliphatic carbocycles. The molecule has 3 aromatic rings. The van der Waals surface area contributed by atoms with Gasteiger partial charge in [-0.1, -0.05) is 48.0 Å². The molecule has 9 nitrogen and oxygen atoms in total. The van der Waals surface area contributed by atoms with Gasteiger partial charge in [-0.15, -0.1) is 10.2 Å². The Morgan fingerprint density at radius 2 is 1.96 bits per heavy atom. The Balaban J connectivity index is 1.82. The number of hydrogen-bond acceptors (Lipinski definition) is 7. The predicted octanol–water partition coefficient (Wildman–Crippen LogP) is 2.92. The molecule has 0 radical (unpaired) electrons. The minimum Gasteiger partial charge on any atom is -0.493 e. The zero-order chi connectivity index (χ0) is 18.7. The van der Waals surface area contributed by atoms with Crippen LogP contribution in [-0.2, 0) is 0 Å². The van der Waals surface area contributed by atoms with Crippen molar-refractivity contribution in [2.75, 3.05) is 0 Å². The Kier molecular flexibility index (Phi) is 5.00. The first-order valence-corrected chi connectivity index (χ1v) is 8.23. The first-order chi connectivity index (χ1) is 12.5. The van der Waals surface area contributed by atoms with E-state index in [0.29, 0.717) is 10.8 Å². The van der Waals surface area contributed by atoms with Crippen molar-refractivity contribution in [2.24, 2.45) is 10.2 Å². The quantitative estimate of drug-likeness (QED) is 0.139. The van der Waals surface area contributed by atoms with Crippen LogP contribution in [0.4, 0.5) is 11.4 Å². The summed E-state index contributed by atoms with van der Waals surface area (Å²) >= 11 is 0.772. The van der Waals surface area contributed by atoms with E-state index >= 15 is 0 Å². The number of nitro groups is 1. The van der Waals surface area contributed by atoms with Crippen LogP contribution in [0.5, 0.6) is 5.88 Å². The van der Waals surface area contributed by atoms with Gasteiger partial charge in [0.15, 0.2) is 10.9 Å². The van der Waals surface area contributed by atoms with Crippen LogP contribution in [0.3, 0.4) is 0 Å². The number of nitrogens with one attached hydrogen (secondary N) is 2. The monoisotopic (exact) mass is 369 g/mol. The van der Waals surface area contributed by atoms with Crippen LogP contribution in [0.1, 0.15) is 0 Å². The molecule has 0 atom stereocenters. The van der Waals surface area contributed by atoms with Crippen LogP contribution in [0.15, 0.2) is 58.8 Å². The highest BCUT2D eigenvalue weighted by Crippen LogP contribution is 2.39. The molecule has 26 heavy (non-hydrogen) atoms. The number of aromatic amines is 1. The number of H-pyrrole nitrogens is 1. The van der Waals surface area contributed by atoms with Gasteiger partial charge < -0.3 is 15.1 Å². The van der Waals surface area contributed by atoms with E-state index in [-0.39, 0.29) is 27.9 Å². The van der Waals surface area contributed by atoms with Gasteiger partial charge in [-0.2, -0.15) is 0 Å². The molecule has 3 rings (SSSR count). The molecule has 0 aliphatic rings. The van der Waals surface area contributed by atoms with Gasteiger partial charge in [-0.25, -0.2) is 0 Å². The van der Waals surface area contributed by atoms with E-state index in [2.05, 4.69) is 15.2 Å². The van der Waals surface area contributed by atoms with E-state index in [0.717, 1.165) is 11.6 Å². The van der Waals surface area contributed by atoms with Gasteiger partial charge in [0.1, 0.15) is 5.52 Å². The predicted molar refractivity (Wildman–Crippen MR) is 101 cm³/mol. The normalized spacial score (nSPS) is 11.1. The number of rotatable bonds is 4. The lowest BCUT2D eigenvalue weighted by Gasteiger charge is -2.03. The molecule has 130 valence electrons. The summed E-state index contributed by atoms with van der Waals surface area (Å²) in [4.78, 5) is 13.0. The maximum Gasteiger partial charge on any atom is 0.402 e. The van der Waals surface area contributed by atoms with Crippen LogP contribution in [-0.4, -0.2) is 31.4 Å². The third-order valence-electron chi connectivity index (χ3n) is 3.51. The molecule has 2 aromatic carbocycles. The van der Waals surface area contributed by atoms with Crippen molar-refractivity contribution in [3.63, 3.8) is 0 Å². The fourth-order valence-electron chi connectivity index (χ4n) is 2.34. The Hall–Kier alpha value is -3.18. The Labute approximate surface area is 151 Å². The third-order valence-corrected chi connectivity index (χ3v) is 4.31. The number of nitrogens with zero attached hydrogens (tertiary/aromatic N) is 3. The first-order valence-electron chi connectivity index (χ1n) is 7.35. The number of benzene rings is 2. The van der Waals surface area contributed by atoms with Crippen molar-refractivity contribution < 1.29 is 15.1 Å². The van der Waals surface area contributed by atoms with Crippen molar-refractivity contribution in [3.05, 3.63) is 58.6 Å². The summed E-state index contributed by atoms with van der Waals surface area (Å²) in [6.45, 7) is 0. The number of azo groups is 1. The first kappa shape index (κ1) is 17.6. The molecule has 0 aliphatic heterocycles. The van der Waals surface area contributed by atoms with E-state index in [1.165, 1.54) is 12.1 Å². The molecule has 0 unspecified atom stereocenters. The number of nitro benzene ring substituents is 1. The maximum atomic E-state index is 11.0. The molecule has 0 saturated heterocycles. The van der Waals surface area contributed by atoms with Crippen LogP contribution in [0.2, 0.25) is 0 Å². The SMILES string of the molecule is N=C(N=Nc1c(O)[nH]c2c([N+](=O)[O-])cccc12)SB(O)c1ccccc1. The molecule has 11 heteroatoms. The van der Waals surface area contributed by atoms with Gasteiger partial charge in [0.25, 0.3) is 5.69 Å². The summed E-state index contributed by atoms with van der Waals surface area (Å²) < 4.78 is 0. The second-order valence-electron chi connectivity index (χ2n) is 5.17. The van der Waals surface area contributed by atoms with Crippen molar-refractivity contribution in [1.82, 2.24) is 4.98 Å². The Bertz CT molecular complexity index is 1010. The molecule has 1 aromatic heterocycles. The minimum atomic E-state index is -0.986. The zero-order valence-corrected chi connectivity index (χ0v) is 14.0. The van der Waals surface area contributed by atoms with E-state index in [1.54, 1.807) is 30.3 Å². The smallest absolute Gasteiger partial charge is 0.402 e. The second-order valence-corrected chi connectivity index (χ2v) is 6.23. The zero-order valence-electron chi connectivity index (χ0n) is 13.2. The number of hydrogen-bond donors (Lipinski definition) is 4. The largest absolute Gasteiger partial charge is 0.493 e. The van der Waals surface area contributed by atoms with Crippen molar-refractivity contribution in [1.29, 1.82) is 5.41 Å². The van der Waals surface area contributed by atoms with E-state index < -0.39 is 11.1 Å². The van der Waals surface area contributed by atoms with Crippen LogP contribution in [0, 0.1) is 15.5 Å². The minimum absolute atomic E-state index is 0.0109. The highest BCUT2D eigenvalue weighted by molar-refractivity contribution is 8.36. The molecule has 0 saturated carbocycles. The highest BCUT2D eigenvalue weighted by Gasteiger charge is 2.20. The van der Waals surface area contributed by atoms with E-state index in [4.69, 9.17) is 5.41 Å². The lowest BCUT2D eigenvalue weighted by atomic mass is 9.87. The summed E-state index contributed by atoms with van der Waals surface area (Å²) in [5.74, 6) is -0.389. The summed E-state index contributed by atoms with van der Waals surface area (Å²) in [7, 11) is 0. The van der Waals surface area contributed by atoms with Gasteiger partial charge >= 0.3 is 6.19 Å². The van der Waals surface area contributed by atoms with Crippen molar-refractivity contribution in [2.45, 2.75) is 0 Å². The van der Waals surface area contributed by atoms with Gasteiger partial charge in [-0.05, 0) is 11.5 Å². The van der Waals surface area contributed by atoms with E-state index in [1.807, 2.05) is 6.07 Å². The summed E-state index contributed by atoms with van der Waals surface area (Å²) in [5.41, 5.74) is 0.516. The molecular weight excluding hydrogens is 357 g/mol. The van der Waals surface area contributed by atoms with Crippen LogP contribution < -0.4 is 5.46 Å². The number of non-ortho nitro benzene ring substituents is 1.